The van der Waals surface area contributed by atoms with Crippen molar-refractivity contribution >= 4 is 29.2 Å². The lowest BCUT2D eigenvalue weighted by Gasteiger charge is -2.36. The monoisotopic (exact) mass is 358 g/mol. The molecule has 1 N–H and O–H groups in total. The second-order valence-electron chi connectivity index (χ2n) is 5.69. The summed E-state index contributed by atoms with van der Waals surface area (Å²) in [7, 11) is 0. The fourth-order valence-corrected chi connectivity index (χ4v) is 2.55. The van der Waals surface area contributed by atoms with Crippen LogP contribution in [-0.4, -0.2) is 36.7 Å². The van der Waals surface area contributed by atoms with Crippen molar-refractivity contribution < 1.29 is 23.9 Å². The predicted molar refractivity (Wildman–Crippen MR) is 96.4 cm³/mol. The molecule has 0 saturated carbocycles. The Labute approximate surface area is 151 Å². The van der Waals surface area contributed by atoms with Crippen molar-refractivity contribution in [3.05, 3.63) is 48.0 Å². The number of nitrogens with one attached hydrogen (secondary N) is 1. The molecule has 0 heterocycles. The predicted octanol–water partition coefficient (Wildman–Crippen LogP) is 3.37. The normalized spacial score (nSPS) is 12.7. The Morgan fingerprint density at radius 2 is 1.73 bits per heavy atom. The van der Waals surface area contributed by atoms with Gasteiger partial charge in [0.15, 0.2) is 6.29 Å². The van der Waals surface area contributed by atoms with Crippen LogP contribution in [0.25, 0.3) is 10.8 Å². The number of amides is 2. The molecule has 0 aliphatic heterocycles. The molecule has 2 aromatic rings. The van der Waals surface area contributed by atoms with E-state index in [0.29, 0.717) is 11.8 Å². The zero-order valence-corrected chi connectivity index (χ0v) is 15.0. The number of aldehydes is 1. The van der Waals surface area contributed by atoms with E-state index in [-0.39, 0.29) is 13.2 Å². The number of carbonyl (C=O) groups is 3. The maximum atomic E-state index is 12.4. The molecule has 0 aromatic heterocycles. The Bertz CT molecular complexity index is 807. The molecule has 2 amide bonds. The summed E-state index contributed by atoms with van der Waals surface area (Å²) < 4.78 is 9.83. The van der Waals surface area contributed by atoms with Crippen LogP contribution in [0.15, 0.2) is 42.5 Å². The Morgan fingerprint density at radius 1 is 1.08 bits per heavy atom. The zero-order chi connectivity index (χ0) is 19.2. The minimum atomic E-state index is -1.48. The molecule has 7 nitrogen and oxygen atoms in total. The van der Waals surface area contributed by atoms with Crippen LogP contribution in [0.2, 0.25) is 0 Å². The van der Waals surface area contributed by atoms with E-state index in [9.17, 15) is 14.4 Å². The SMILES string of the molecule is CCOC(=O)NN(C(=O)OCC)[C@@](C)(C=O)c1ccc2ccccc2c1. The molecule has 1 atom stereocenters. The largest absolute Gasteiger partial charge is 0.449 e. The van der Waals surface area contributed by atoms with Crippen LogP contribution in [0.1, 0.15) is 26.3 Å². The molecule has 2 rings (SSSR count). The van der Waals surface area contributed by atoms with E-state index in [0.717, 1.165) is 15.8 Å². The highest BCUT2D eigenvalue weighted by Crippen LogP contribution is 2.28. The van der Waals surface area contributed by atoms with E-state index in [4.69, 9.17) is 9.47 Å². The van der Waals surface area contributed by atoms with Crippen LogP contribution in [0, 0.1) is 0 Å². The number of fused-ring (bicyclic) bond motifs is 1. The van der Waals surface area contributed by atoms with Gasteiger partial charge < -0.3 is 14.3 Å². The number of nitrogens with zero attached hydrogens (tertiary/aromatic N) is 1. The molecule has 0 aliphatic rings. The highest BCUT2D eigenvalue weighted by Gasteiger charge is 2.40. The molecule has 2 aromatic carbocycles. The maximum absolute atomic E-state index is 12.4. The summed E-state index contributed by atoms with van der Waals surface area (Å²) >= 11 is 0. The number of hydrogen-bond acceptors (Lipinski definition) is 5. The molecule has 0 radical (unpaired) electrons. The number of rotatable bonds is 5. The third-order valence-electron chi connectivity index (χ3n) is 3.96. The van der Waals surface area contributed by atoms with Crippen molar-refractivity contribution in [3.8, 4) is 0 Å². The first kappa shape index (κ1) is 19.2. The van der Waals surface area contributed by atoms with Gasteiger partial charge in [-0.25, -0.2) is 15.0 Å². The summed E-state index contributed by atoms with van der Waals surface area (Å²) in [6, 6.07) is 13.0. The summed E-state index contributed by atoms with van der Waals surface area (Å²) in [6.45, 7) is 5.00. The molecule has 0 saturated heterocycles. The highest BCUT2D eigenvalue weighted by molar-refractivity contribution is 5.86. The summed E-state index contributed by atoms with van der Waals surface area (Å²) in [5.74, 6) is 0. The number of hydrogen-bond donors (Lipinski definition) is 1. The second kappa shape index (κ2) is 8.33. The number of hydrazine groups is 1. The van der Waals surface area contributed by atoms with E-state index in [1.54, 1.807) is 26.0 Å². The lowest BCUT2D eigenvalue weighted by molar-refractivity contribution is -0.119. The van der Waals surface area contributed by atoms with Crippen molar-refractivity contribution in [3.63, 3.8) is 0 Å². The van der Waals surface area contributed by atoms with Crippen LogP contribution in [0.5, 0.6) is 0 Å². The summed E-state index contributed by atoms with van der Waals surface area (Å²) in [5.41, 5.74) is 1.35. The van der Waals surface area contributed by atoms with Gasteiger partial charge in [-0.15, -0.1) is 0 Å². The molecular formula is C19H22N2O5. The van der Waals surface area contributed by atoms with Crippen LogP contribution in [-0.2, 0) is 19.8 Å². The third-order valence-corrected chi connectivity index (χ3v) is 3.96. The van der Waals surface area contributed by atoms with E-state index in [1.807, 2.05) is 30.3 Å². The van der Waals surface area contributed by atoms with Crippen LogP contribution < -0.4 is 5.43 Å². The van der Waals surface area contributed by atoms with Crippen molar-refractivity contribution in [1.29, 1.82) is 0 Å². The quantitative estimate of drug-likeness (QED) is 0.654. The van der Waals surface area contributed by atoms with Gasteiger partial charge in [0.05, 0.1) is 13.2 Å². The van der Waals surface area contributed by atoms with Crippen molar-refractivity contribution in [2.24, 2.45) is 0 Å². The molecular weight excluding hydrogens is 336 g/mol. The van der Waals surface area contributed by atoms with Gasteiger partial charge in [0.2, 0.25) is 0 Å². The minimum absolute atomic E-state index is 0.0898. The van der Waals surface area contributed by atoms with Crippen LogP contribution >= 0.6 is 0 Å². The standard InChI is InChI=1S/C19H22N2O5/c1-4-25-17(23)20-21(18(24)26-5-2)19(3,13-22)16-11-10-14-8-6-7-9-15(14)12-16/h6-13H,4-5H2,1-3H3,(H,20,23)/t19-/m0/s1. The zero-order valence-electron chi connectivity index (χ0n) is 15.0. The Morgan fingerprint density at radius 3 is 2.35 bits per heavy atom. The lowest BCUT2D eigenvalue weighted by atomic mass is 9.91. The third kappa shape index (κ3) is 3.93. The highest BCUT2D eigenvalue weighted by atomic mass is 16.6. The average Bonchev–Trinajstić information content (AvgIpc) is 2.65. The molecule has 138 valence electrons. The Hall–Kier alpha value is -3.09. The van der Waals surface area contributed by atoms with Gasteiger partial charge in [0, 0.05) is 0 Å². The first-order chi connectivity index (χ1) is 12.5. The minimum Gasteiger partial charge on any atom is -0.449 e. The molecule has 26 heavy (non-hydrogen) atoms. The van der Waals surface area contributed by atoms with Gasteiger partial charge in [0.25, 0.3) is 0 Å². The average molecular weight is 358 g/mol. The van der Waals surface area contributed by atoms with Crippen LogP contribution in [0.3, 0.4) is 0 Å². The van der Waals surface area contributed by atoms with E-state index < -0.39 is 17.7 Å². The second-order valence-corrected chi connectivity index (χ2v) is 5.69. The van der Waals surface area contributed by atoms with Crippen LogP contribution in [0.4, 0.5) is 9.59 Å². The van der Waals surface area contributed by atoms with Gasteiger partial charge in [-0.1, -0.05) is 36.4 Å². The fourth-order valence-electron chi connectivity index (χ4n) is 2.55. The van der Waals surface area contributed by atoms with Gasteiger partial charge in [-0.3, -0.25) is 0 Å². The maximum Gasteiger partial charge on any atom is 0.430 e. The van der Waals surface area contributed by atoms with Gasteiger partial charge in [-0.2, -0.15) is 5.01 Å². The van der Waals surface area contributed by atoms with Gasteiger partial charge >= 0.3 is 12.2 Å². The topological polar surface area (TPSA) is 84.9 Å². The van der Waals surface area contributed by atoms with Crippen molar-refractivity contribution in [2.45, 2.75) is 26.3 Å². The summed E-state index contributed by atoms with van der Waals surface area (Å²) in [6.07, 6.45) is -1.13. The molecule has 0 aliphatic carbocycles. The van der Waals surface area contributed by atoms with Gasteiger partial charge in [0.1, 0.15) is 5.54 Å². The Balaban J connectivity index is 2.49. The molecule has 0 spiro atoms. The molecule has 0 fully saturated rings. The van der Waals surface area contributed by atoms with E-state index in [1.165, 1.54) is 6.92 Å². The summed E-state index contributed by atoms with van der Waals surface area (Å²) in [4.78, 5) is 36.3. The number of benzene rings is 2. The first-order valence-electron chi connectivity index (χ1n) is 8.32. The summed E-state index contributed by atoms with van der Waals surface area (Å²) in [5, 5.41) is 2.74. The van der Waals surface area contributed by atoms with Crippen molar-refractivity contribution in [1.82, 2.24) is 10.4 Å². The van der Waals surface area contributed by atoms with E-state index in [2.05, 4.69) is 5.43 Å². The fraction of sp³-hybridized carbons (Fsp3) is 0.316. The lowest BCUT2D eigenvalue weighted by Crippen LogP contribution is -2.58. The molecule has 0 unspecified atom stereocenters. The number of carbonyl (C=O) groups excluding carboxylic acids is 3. The van der Waals surface area contributed by atoms with E-state index >= 15 is 0 Å². The smallest absolute Gasteiger partial charge is 0.430 e. The van der Waals surface area contributed by atoms with Crippen molar-refractivity contribution in [2.75, 3.05) is 13.2 Å². The molecule has 0 bridgehead atoms. The molecule has 7 heteroatoms. The Kier molecular flexibility index (Phi) is 6.16. The van der Waals surface area contributed by atoms with Gasteiger partial charge in [-0.05, 0) is 43.2 Å². The first-order valence-corrected chi connectivity index (χ1v) is 8.32. The number of ether oxygens (including phenoxy) is 2.